The Labute approximate surface area is 200 Å². The molecule has 1 aliphatic rings. The molecule has 1 heterocycles. The third kappa shape index (κ3) is 11.3. The van der Waals surface area contributed by atoms with E-state index in [-0.39, 0.29) is 19.3 Å². The lowest BCUT2D eigenvalue weighted by Gasteiger charge is -2.25. The molecule has 15 nitrogen and oxygen atoms in total. The number of aliphatic carboxylic acids is 3. The summed E-state index contributed by atoms with van der Waals surface area (Å²) in [6.07, 6.45) is -1.15. The number of amides is 4. The fraction of sp³-hybridized carbons (Fsp3) is 0.650. The largest absolute Gasteiger partial charge is 0.481 e. The van der Waals surface area contributed by atoms with Crippen LogP contribution in [0.1, 0.15) is 51.4 Å². The minimum Gasteiger partial charge on any atom is -0.481 e. The first-order valence-electron chi connectivity index (χ1n) is 11.0. The van der Waals surface area contributed by atoms with E-state index in [1.165, 1.54) is 0 Å². The molecule has 4 amide bonds. The first kappa shape index (κ1) is 29.3. The molecule has 15 heteroatoms. The van der Waals surface area contributed by atoms with Gasteiger partial charge in [0.2, 0.25) is 23.6 Å². The summed E-state index contributed by atoms with van der Waals surface area (Å²) in [4.78, 5) is 82.3. The SMILES string of the molecule is NC(=O)CCC(NC(=O)C(CCC(=O)O)NC(=O)C1CCCN1)C(=O)NC(CCC(=O)O)C(=O)O. The van der Waals surface area contributed by atoms with Crippen LogP contribution in [0.5, 0.6) is 0 Å². The molecule has 0 aromatic rings. The van der Waals surface area contributed by atoms with Gasteiger partial charge < -0.3 is 42.3 Å². The average molecular weight is 501 g/mol. The van der Waals surface area contributed by atoms with Crippen LogP contribution < -0.4 is 27.0 Å². The van der Waals surface area contributed by atoms with Crippen molar-refractivity contribution in [3.63, 3.8) is 0 Å². The zero-order valence-corrected chi connectivity index (χ0v) is 19.0. The fourth-order valence-corrected chi connectivity index (χ4v) is 3.34. The van der Waals surface area contributed by atoms with Crippen molar-refractivity contribution in [2.45, 2.75) is 75.5 Å². The monoisotopic (exact) mass is 501 g/mol. The molecule has 0 saturated carbocycles. The summed E-state index contributed by atoms with van der Waals surface area (Å²) in [6, 6.07) is -4.93. The quantitative estimate of drug-likeness (QED) is 0.108. The Morgan fingerprint density at radius 2 is 1.26 bits per heavy atom. The second-order valence-corrected chi connectivity index (χ2v) is 8.04. The van der Waals surface area contributed by atoms with Gasteiger partial charge in [0.05, 0.1) is 6.04 Å². The van der Waals surface area contributed by atoms with Gasteiger partial charge in [-0.15, -0.1) is 0 Å². The van der Waals surface area contributed by atoms with Crippen molar-refractivity contribution in [1.29, 1.82) is 0 Å². The molecule has 1 fully saturated rings. The molecule has 4 unspecified atom stereocenters. The number of nitrogens with two attached hydrogens (primary N) is 1. The van der Waals surface area contributed by atoms with Crippen LogP contribution in [0.15, 0.2) is 0 Å². The summed E-state index contributed by atoms with van der Waals surface area (Å²) < 4.78 is 0. The first-order chi connectivity index (χ1) is 16.4. The van der Waals surface area contributed by atoms with E-state index in [1.54, 1.807) is 0 Å². The lowest BCUT2D eigenvalue weighted by molar-refractivity contribution is -0.143. The van der Waals surface area contributed by atoms with Crippen molar-refractivity contribution in [1.82, 2.24) is 21.3 Å². The van der Waals surface area contributed by atoms with E-state index in [0.717, 1.165) is 6.42 Å². The number of primary amides is 1. The van der Waals surface area contributed by atoms with Crippen LogP contribution in [-0.2, 0) is 33.6 Å². The predicted octanol–water partition coefficient (Wildman–Crippen LogP) is -2.73. The highest BCUT2D eigenvalue weighted by Gasteiger charge is 2.32. The Morgan fingerprint density at radius 1 is 0.771 bits per heavy atom. The second-order valence-electron chi connectivity index (χ2n) is 8.04. The van der Waals surface area contributed by atoms with Crippen LogP contribution in [0, 0.1) is 0 Å². The molecule has 1 aliphatic heterocycles. The van der Waals surface area contributed by atoms with E-state index < -0.39 is 85.0 Å². The van der Waals surface area contributed by atoms with Crippen molar-refractivity contribution in [3.05, 3.63) is 0 Å². The number of carbonyl (C=O) groups excluding carboxylic acids is 4. The summed E-state index contributed by atoms with van der Waals surface area (Å²) in [5.41, 5.74) is 5.11. The number of hydrogen-bond donors (Lipinski definition) is 8. The summed E-state index contributed by atoms with van der Waals surface area (Å²) in [5, 5.41) is 36.8. The lowest BCUT2D eigenvalue weighted by Crippen LogP contribution is -2.57. The Bertz CT molecular complexity index is 827. The molecule has 0 aliphatic carbocycles. The van der Waals surface area contributed by atoms with Gasteiger partial charge in [0.1, 0.15) is 18.1 Å². The Hall–Kier alpha value is -3.75. The van der Waals surface area contributed by atoms with Gasteiger partial charge in [0, 0.05) is 19.3 Å². The normalized spacial score (nSPS) is 17.4. The van der Waals surface area contributed by atoms with Crippen molar-refractivity contribution in [3.8, 4) is 0 Å². The predicted molar refractivity (Wildman–Crippen MR) is 117 cm³/mol. The molecule has 0 aromatic heterocycles. The summed E-state index contributed by atoms with van der Waals surface area (Å²) in [7, 11) is 0. The number of carboxylic acids is 3. The van der Waals surface area contributed by atoms with Crippen LogP contribution in [-0.4, -0.2) is 87.6 Å². The van der Waals surface area contributed by atoms with Gasteiger partial charge in [-0.05, 0) is 38.6 Å². The topological polar surface area (TPSA) is 254 Å². The fourth-order valence-electron chi connectivity index (χ4n) is 3.34. The van der Waals surface area contributed by atoms with Crippen LogP contribution in [0.3, 0.4) is 0 Å². The Morgan fingerprint density at radius 3 is 1.71 bits per heavy atom. The highest BCUT2D eigenvalue weighted by atomic mass is 16.4. The molecular weight excluding hydrogens is 470 g/mol. The zero-order chi connectivity index (χ0) is 26.5. The molecule has 1 rings (SSSR count). The van der Waals surface area contributed by atoms with E-state index >= 15 is 0 Å². The number of carboxylic acid groups (broad SMARTS) is 3. The van der Waals surface area contributed by atoms with Gasteiger partial charge in [0.25, 0.3) is 0 Å². The van der Waals surface area contributed by atoms with Crippen LogP contribution in [0.2, 0.25) is 0 Å². The number of hydrogen-bond acceptors (Lipinski definition) is 8. The van der Waals surface area contributed by atoms with Crippen molar-refractivity contribution in [2.24, 2.45) is 5.73 Å². The minimum atomic E-state index is -1.58. The smallest absolute Gasteiger partial charge is 0.326 e. The molecule has 0 spiro atoms. The standard InChI is InChI=1S/C20H31N5O10/c21-14(26)6-3-11(19(33)25-13(20(34)35)5-8-16(29)30)24-18(32)12(4-7-15(27)28)23-17(31)10-2-1-9-22-10/h10-13,22H,1-9H2,(H2,21,26)(H,23,31)(H,24,32)(H,25,33)(H,27,28)(H,29,30)(H,34,35). The zero-order valence-electron chi connectivity index (χ0n) is 19.0. The van der Waals surface area contributed by atoms with Crippen LogP contribution >= 0.6 is 0 Å². The molecule has 35 heavy (non-hydrogen) atoms. The third-order valence-corrected chi connectivity index (χ3v) is 5.23. The van der Waals surface area contributed by atoms with E-state index in [4.69, 9.17) is 15.9 Å². The second kappa shape index (κ2) is 14.5. The summed E-state index contributed by atoms with van der Waals surface area (Å²) in [5.74, 6) is -7.26. The van der Waals surface area contributed by atoms with Gasteiger partial charge in [-0.2, -0.15) is 0 Å². The van der Waals surface area contributed by atoms with Gasteiger partial charge in [0.15, 0.2) is 0 Å². The number of nitrogens with one attached hydrogen (secondary N) is 4. The molecule has 0 radical (unpaired) electrons. The highest BCUT2D eigenvalue weighted by molar-refractivity contribution is 5.94. The van der Waals surface area contributed by atoms with E-state index in [2.05, 4.69) is 21.3 Å². The maximum absolute atomic E-state index is 12.9. The third-order valence-electron chi connectivity index (χ3n) is 5.23. The van der Waals surface area contributed by atoms with E-state index in [1.807, 2.05) is 0 Å². The maximum atomic E-state index is 12.9. The molecule has 4 atom stereocenters. The summed E-state index contributed by atoms with van der Waals surface area (Å²) in [6.45, 7) is 0.603. The molecular formula is C20H31N5O10. The van der Waals surface area contributed by atoms with Crippen molar-refractivity contribution < 1.29 is 48.9 Å². The molecule has 9 N–H and O–H groups in total. The molecule has 1 saturated heterocycles. The van der Waals surface area contributed by atoms with E-state index in [9.17, 15) is 38.7 Å². The Kier molecular flexibility index (Phi) is 12.1. The van der Waals surface area contributed by atoms with Gasteiger partial charge in [-0.1, -0.05) is 0 Å². The number of rotatable bonds is 16. The van der Waals surface area contributed by atoms with Gasteiger partial charge in [-0.3, -0.25) is 28.8 Å². The average Bonchev–Trinajstić information content (AvgIpc) is 3.30. The highest BCUT2D eigenvalue weighted by Crippen LogP contribution is 2.08. The van der Waals surface area contributed by atoms with Crippen LogP contribution in [0.4, 0.5) is 0 Å². The van der Waals surface area contributed by atoms with Gasteiger partial charge in [-0.25, -0.2) is 4.79 Å². The minimum absolute atomic E-state index is 0.292. The summed E-state index contributed by atoms with van der Waals surface area (Å²) >= 11 is 0. The Balaban J connectivity index is 2.97. The maximum Gasteiger partial charge on any atom is 0.326 e. The molecule has 196 valence electrons. The number of carbonyl (C=O) groups is 7. The van der Waals surface area contributed by atoms with E-state index in [0.29, 0.717) is 13.0 Å². The molecule has 0 bridgehead atoms. The molecule has 0 aromatic carbocycles. The van der Waals surface area contributed by atoms with Gasteiger partial charge >= 0.3 is 17.9 Å². The van der Waals surface area contributed by atoms with Crippen molar-refractivity contribution >= 4 is 41.5 Å². The lowest BCUT2D eigenvalue weighted by atomic mass is 10.1. The van der Waals surface area contributed by atoms with Crippen LogP contribution in [0.25, 0.3) is 0 Å². The first-order valence-corrected chi connectivity index (χ1v) is 11.0. The van der Waals surface area contributed by atoms with Crippen molar-refractivity contribution in [2.75, 3.05) is 6.54 Å².